The van der Waals surface area contributed by atoms with Crippen LogP contribution in [-0.2, 0) is 14.3 Å². The number of hydrogen-bond donors (Lipinski definition) is 3. The molecule has 0 aromatic carbocycles. The molecule has 0 spiro atoms. The fourth-order valence-corrected chi connectivity index (χ4v) is 7.81. The number of hydrogen-bond acceptors (Lipinski definition) is 5. The highest BCUT2D eigenvalue weighted by Gasteiger charge is 2.24. The first kappa shape index (κ1) is 58.6. The predicted molar refractivity (Wildman–Crippen MR) is 264 cm³/mol. The van der Waals surface area contributed by atoms with Crippen molar-refractivity contribution in [3.05, 3.63) is 60.8 Å². The van der Waals surface area contributed by atoms with Crippen LogP contribution in [0.5, 0.6) is 0 Å². The van der Waals surface area contributed by atoms with E-state index in [2.05, 4.69) is 38.2 Å². The van der Waals surface area contributed by atoms with E-state index in [1.165, 1.54) is 148 Å². The first-order valence-electron chi connectivity index (χ1n) is 26.1. The molecule has 3 unspecified atom stereocenters. The first-order valence-corrected chi connectivity index (χ1v) is 26.1. The molecule has 0 aliphatic heterocycles. The molecule has 354 valence electrons. The number of esters is 1. The molecule has 61 heavy (non-hydrogen) atoms. The van der Waals surface area contributed by atoms with Crippen molar-refractivity contribution in [3.63, 3.8) is 0 Å². The third-order valence-corrected chi connectivity index (χ3v) is 11.7. The zero-order valence-electron chi connectivity index (χ0n) is 40.3. The average Bonchev–Trinajstić information content (AvgIpc) is 3.25. The molecule has 0 aromatic rings. The van der Waals surface area contributed by atoms with Gasteiger partial charge in [0.05, 0.1) is 25.2 Å². The van der Waals surface area contributed by atoms with E-state index in [1.54, 1.807) is 0 Å². The summed E-state index contributed by atoms with van der Waals surface area (Å²) in [6.45, 7) is 6.33. The van der Waals surface area contributed by atoms with Crippen LogP contribution < -0.4 is 5.32 Å². The van der Waals surface area contributed by atoms with Gasteiger partial charge >= 0.3 is 5.97 Å². The summed E-state index contributed by atoms with van der Waals surface area (Å²) in [4.78, 5) is 26.1. The topological polar surface area (TPSA) is 95.9 Å². The number of carbonyl (C=O) groups excluding carboxylic acids is 2. The fourth-order valence-electron chi connectivity index (χ4n) is 7.81. The van der Waals surface area contributed by atoms with Crippen molar-refractivity contribution in [2.24, 2.45) is 0 Å². The van der Waals surface area contributed by atoms with Crippen LogP contribution in [-0.4, -0.2) is 46.9 Å². The molecular weight excluding hydrogens is 755 g/mol. The number of rotatable bonds is 46. The van der Waals surface area contributed by atoms with Gasteiger partial charge in [0.1, 0.15) is 6.10 Å². The Morgan fingerprint density at radius 3 is 1.31 bits per heavy atom. The lowest BCUT2D eigenvalue weighted by atomic mass is 10.0. The van der Waals surface area contributed by atoms with Crippen molar-refractivity contribution < 1.29 is 24.5 Å². The highest BCUT2D eigenvalue weighted by atomic mass is 16.5. The van der Waals surface area contributed by atoms with Gasteiger partial charge in [-0.15, -0.1) is 0 Å². The summed E-state index contributed by atoms with van der Waals surface area (Å²) < 4.78 is 5.90. The number of nitrogens with one attached hydrogen (secondary N) is 1. The summed E-state index contributed by atoms with van der Waals surface area (Å²) in [5, 5.41) is 23.7. The highest BCUT2D eigenvalue weighted by molar-refractivity contribution is 5.77. The lowest BCUT2D eigenvalue weighted by Gasteiger charge is -2.24. The summed E-state index contributed by atoms with van der Waals surface area (Å²) in [7, 11) is 0. The fraction of sp³-hybridized carbons (Fsp3) is 0.782. The summed E-state index contributed by atoms with van der Waals surface area (Å²) >= 11 is 0. The van der Waals surface area contributed by atoms with Crippen molar-refractivity contribution in [1.29, 1.82) is 0 Å². The number of unbranched alkanes of at least 4 members (excludes halogenated alkanes) is 28. The van der Waals surface area contributed by atoms with E-state index in [4.69, 9.17) is 4.74 Å². The van der Waals surface area contributed by atoms with Crippen molar-refractivity contribution >= 4 is 11.9 Å². The highest BCUT2D eigenvalue weighted by Crippen LogP contribution is 2.18. The molecule has 1 amide bonds. The minimum Gasteiger partial charge on any atom is -0.462 e. The molecule has 0 heterocycles. The standard InChI is InChI=1S/C55H99NO5/c1-4-7-10-13-16-19-22-25-27-30-33-36-39-42-45-48-55(60)61-51(46-43-40-37-34-31-28-24-21-18-15-12-9-6-3)49-54(59)56-52(50-57)53(58)47-44-41-38-35-32-29-26-23-20-17-14-11-8-5-2/h9,12,15,18,21,24,28,31,34,37,51-53,57-58H,4-8,10-11,13-14,16-17,19-20,22-23,25-27,29-30,32-33,35-36,38-50H2,1-3H3,(H,56,59)/b12-9+,18-15+,24-21-,31-28-,37-34+. The summed E-state index contributed by atoms with van der Waals surface area (Å²) in [5.41, 5.74) is 0. The predicted octanol–water partition coefficient (Wildman–Crippen LogP) is 15.6. The maximum atomic E-state index is 13.2. The largest absolute Gasteiger partial charge is 0.462 e. The van der Waals surface area contributed by atoms with Gasteiger partial charge in [-0.2, -0.15) is 0 Å². The van der Waals surface area contributed by atoms with Crippen LogP contribution in [0.4, 0.5) is 0 Å². The average molecular weight is 854 g/mol. The van der Waals surface area contributed by atoms with Gasteiger partial charge in [-0.05, 0) is 38.5 Å². The van der Waals surface area contributed by atoms with E-state index in [-0.39, 0.29) is 24.9 Å². The van der Waals surface area contributed by atoms with E-state index in [0.717, 1.165) is 57.8 Å². The Balaban J connectivity index is 4.63. The van der Waals surface area contributed by atoms with Crippen molar-refractivity contribution in [3.8, 4) is 0 Å². The molecule has 0 rings (SSSR count). The van der Waals surface area contributed by atoms with Crippen LogP contribution in [0.25, 0.3) is 0 Å². The molecule has 0 bridgehead atoms. The third kappa shape index (κ3) is 44.0. The van der Waals surface area contributed by atoms with Crippen LogP contribution in [0.3, 0.4) is 0 Å². The molecule has 0 fully saturated rings. The molecule has 0 saturated carbocycles. The maximum Gasteiger partial charge on any atom is 0.306 e. The lowest BCUT2D eigenvalue weighted by molar-refractivity contribution is -0.151. The quantitative estimate of drug-likeness (QED) is 0.0322. The van der Waals surface area contributed by atoms with Gasteiger partial charge in [-0.1, -0.05) is 261 Å². The smallest absolute Gasteiger partial charge is 0.306 e. The molecule has 6 heteroatoms. The summed E-state index contributed by atoms with van der Waals surface area (Å²) in [6, 6.07) is -0.724. The van der Waals surface area contributed by atoms with Gasteiger partial charge in [0.25, 0.3) is 0 Å². The number of carbonyl (C=O) groups is 2. The van der Waals surface area contributed by atoms with E-state index in [9.17, 15) is 19.8 Å². The Morgan fingerprint density at radius 2 is 0.885 bits per heavy atom. The molecule has 0 aliphatic rings. The second-order valence-corrected chi connectivity index (χ2v) is 17.7. The number of aliphatic hydroxyl groups is 2. The van der Waals surface area contributed by atoms with Crippen molar-refractivity contribution in [2.75, 3.05) is 6.61 Å². The maximum absolute atomic E-state index is 13.2. The minimum absolute atomic E-state index is 0.0298. The summed E-state index contributed by atoms with van der Waals surface area (Å²) in [5.74, 6) is -0.540. The molecule has 3 atom stereocenters. The number of amides is 1. The Labute approximate surface area is 378 Å². The first-order chi connectivity index (χ1) is 30.0. The van der Waals surface area contributed by atoms with Crippen molar-refractivity contribution in [2.45, 2.75) is 270 Å². The second-order valence-electron chi connectivity index (χ2n) is 17.7. The number of aliphatic hydroxyl groups excluding tert-OH is 2. The Kier molecular flexibility index (Phi) is 46.6. The molecule has 0 saturated heterocycles. The van der Waals surface area contributed by atoms with Gasteiger partial charge in [-0.3, -0.25) is 9.59 Å². The van der Waals surface area contributed by atoms with Crippen LogP contribution >= 0.6 is 0 Å². The third-order valence-electron chi connectivity index (χ3n) is 11.7. The zero-order valence-corrected chi connectivity index (χ0v) is 40.3. The van der Waals surface area contributed by atoms with E-state index < -0.39 is 18.2 Å². The Morgan fingerprint density at radius 1 is 0.492 bits per heavy atom. The Hall–Kier alpha value is -2.44. The SMILES string of the molecule is CC/C=C/C=C/C=C\C=C/C=C/CCCC(CC(=O)NC(CO)C(O)CCCCCCCCCCCCCCCC)OC(=O)CCCCCCCCCCCCCCCCC. The molecule has 3 N–H and O–H groups in total. The van der Waals surface area contributed by atoms with Gasteiger partial charge in [0.15, 0.2) is 0 Å². The van der Waals surface area contributed by atoms with E-state index in [1.807, 2.05) is 48.6 Å². The van der Waals surface area contributed by atoms with Crippen LogP contribution in [0.2, 0.25) is 0 Å². The minimum atomic E-state index is -0.806. The van der Waals surface area contributed by atoms with Gasteiger partial charge in [0, 0.05) is 6.42 Å². The molecule has 0 aromatic heterocycles. The van der Waals surface area contributed by atoms with E-state index in [0.29, 0.717) is 19.3 Å². The number of ether oxygens (including phenoxy) is 1. The molecular formula is C55H99NO5. The lowest BCUT2D eigenvalue weighted by Crippen LogP contribution is -2.46. The normalized spacial score (nSPS) is 13.7. The summed E-state index contributed by atoms with van der Waals surface area (Å²) in [6.07, 6.45) is 60.0. The number of allylic oxidation sites excluding steroid dienone is 10. The molecule has 6 nitrogen and oxygen atoms in total. The molecule has 0 aliphatic carbocycles. The van der Waals surface area contributed by atoms with Crippen molar-refractivity contribution in [1.82, 2.24) is 5.32 Å². The zero-order chi connectivity index (χ0) is 44.5. The van der Waals surface area contributed by atoms with Gasteiger partial charge in [-0.25, -0.2) is 0 Å². The van der Waals surface area contributed by atoms with E-state index >= 15 is 0 Å². The van der Waals surface area contributed by atoms with Crippen LogP contribution in [0, 0.1) is 0 Å². The van der Waals surface area contributed by atoms with Gasteiger partial charge < -0.3 is 20.3 Å². The van der Waals surface area contributed by atoms with Crippen LogP contribution in [0.15, 0.2) is 60.8 Å². The molecule has 0 radical (unpaired) electrons. The second kappa shape index (κ2) is 48.6. The Bertz CT molecular complexity index is 1090. The van der Waals surface area contributed by atoms with Crippen LogP contribution in [0.1, 0.15) is 252 Å². The van der Waals surface area contributed by atoms with Gasteiger partial charge in [0.2, 0.25) is 5.91 Å². The monoisotopic (exact) mass is 854 g/mol.